The van der Waals surface area contributed by atoms with Crippen LogP contribution in [0.25, 0.3) is 0 Å². The lowest BCUT2D eigenvalue weighted by Gasteiger charge is -2.31. The van der Waals surface area contributed by atoms with Crippen molar-refractivity contribution in [2.45, 2.75) is 26.4 Å². The number of hydrogen-bond acceptors (Lipinski definition) is 4. The van der Waals surface area contributed by atoms with Crippen LogP contribution in [0.2, 0.25) is 0 Å². The molecule has 4 heteroatoms. The van der Waals surface area contributed by atoms with Crippen LogP contribution in [0.3, 0.4) is 0 Å². The molecule has 0 saturated carbocycles. The first-order valence-electron chi connectivity index (χ1n) is 8.36. The molecule has 0 spiro atoms. The summed E-state index contributed by atoms with van der Waals surface area (Å²) in [5.41, 5.74) is 4.00. The summed E-state index contributed by atoms with van der Waals surface area (Å²) < 4.78 is 11.5. The molecule has 0 saturated heterocycles. The van der Waals surface area contributed by atoms with Gasteiger partial charge in [-0.2, -0.15) is 5.26 Å². The fourth-order valence-electron chi connectivity index (χ4n) is 3.07. The summed E-state index contributed by atoms with van der Waals surface area (Å²) in [4.78, 5) is 2.21. The Morgan fingerprint density at radius 1 is 1.29 bits per heavy atom. The number of rotatable bonds is 3. The molecule has 0 amide bonds. The van der Waals surface area contributed by atoms with E-state index >= 15 is 0 Å². The smallest absolute Gasteiger partial charge is 0.121 e. The molecule has 0 bridgehead atoms. The molecule has 24 heavy (non-hydrogen) atoms. The Bertz CT molecular complexity index is 752. The zero-order valence-corrected chi connectivity index (χ0v) is 14.2. The van der Waals surface area contributed by atoms with Crippen molar-refractivity contribution in [2.24, 2.45) is 0 Å². The predicted octanol–water partition coefficient (Wildman–Crippen LogP) is 4.06. The van der Waals surface area contributed by atoms with Crippen LogP contribution < -0.4 is 9.64 Å². The minimum atomic E-state index is 0.175. The van der Waals surface area contributed by atoms with Crippen LogP contribution in [0.4, 0.5) is 11.4 Å². The summed E-state index contributed by atoms with van der Waals surface area (Å²) in [5.74, 6) is 0.851. The Morgan fingerprint density at radius 3 is 2.96 bits per heavy atom. The maximum atomic E-state index is 9.27. The van der Waals surface area contributed by atoms with Crippen LogP contribution in [0.15, 0.2) is 42.5 Å². The lowest BCUT2D eigenvalue weighted by Crippen LogP contribution is -2.29. The maximum absolute atomic E-state index is 9.27. The van der Waals surface area contributed by atoms with E-state index in [0.29, 0.717) is 18.8 Å². The molecule has 124 valence electrons. The van der Waals surface area contributed by atoms with Crippen LogP contribution in [0, 0.1) is 11.3 Å². The highest BCUT2D eigenvalue weighted by Gasteiger charge is 2.20. The summed E-state index contributed by atoms with van der Waals surface area (Å²) in [5, 5.41) is 9.27. The molecule has 1 heterocycles. The summed E-state index contributed by atoms with van der Waals surface area (Å²) in [6.45, 7) is 6.09. The molecular weight excluding hydrogens is 300 g/mol. The Hall–Kier alpha value is -2.51. The number of nitriles is 1. The van der Waals surface area contributed by atoms with Gasteiger partial charge >= 0.3 is 0 Å². The third-order valence-corrected chi connectivity index (χ3v) is 4.17. The van der Waals surface area contributed by atoms with E-state index in [0.717, 1.165) is 30.1 Å². The minimum Gasteiger partial charge on any atom is -0.494 e. The lowest BCUT2D eigenvalue weighted by molar-refractivity contribution is 0.0703. The number of anilines is 2. The molecule has 0 N–H and O–H groups in total. The van der Waals surface area contributed by atoms with E-state index < -0.39 is 0 Å². The highest BCUT2D eigenvalue weighted by molar-refractivity contribution is 5.69. The van der Waals surface area contributed by atoms with E-state index in [1.165, 1.54) is 5.56 Å². The topological polar surface area (TPSA) is 45.5 Å². The SMILES string of the molecule is CCOc1cccc(N2CCOC(C)Cc3ccc(C#N)cc32)c1. The van der Waals surface area contributed by atoms with Crippen LogP contribution >= 0.6 is 0 Å². The van der Waals surface area contributed by atoms with Crippen LogP contribution in [-0.4, -0.2) is 25.9 Å². The van der Waals surface area contributed by atoms with Gasteiger partial charge in [0.25, 0.3) is 0 Å². The first-order chi connectivity index (χ1) is 11.7. The third kappa shape index (κ3) is 3.52. The van der Waals surface area contributed by atoms with Crippen LogP contribution in [0.5, 0.6) is 5.75 Å². The summed E-state index contributed by atoms with van der Waals surface area (Å²) in [6, 6.07) is 16.2. The van der Waals surface area contributed by atoms with Crippen LogP contribution in [0.1, 0.15) is 25.0 Å². The van der Waals surface area contributed by atoms with Gasteiger partial charge < -0.3 is 14.4 Å². The second-order valence-corrected chi connectivity index (χ2v) is 5.92. The monoisotopic (exact) mass is 322 g/mol. The first-order valence-corrected chi connectivity index (χ1v) is 8.36. The molecule has 4 nitrogen and oxygen atoms in total. The van der Waals surface area contributed by atoms with E-state index in [-0.39, 0.29) is 6.10 Å². The van der Waals surface area contributed by atoms with Crippen LogP contribution in [-0.2, 0) is 11.2 Å². The van der Waals surface area contributed by atoms with Crippen molar-refractivity contribution in [1.82, 2.24) is 0 Å². The van der Waals surface area contributed by atoms with Gasteiger partial charge in [0.2, 0.25) is 0 Å². The second-order valence-electron chi connectivity index (χ2n) is 5.92. The first kappa shape index (κ1) is 16.4. The molecule has 0 radical (unpaired) electrons. The van der Waals surface area contributed by atoms with Gasteiger partial charge in [-0.15, -0.1) is 0 Å². The normalized spacial score (nSPS) is 17.4. The van der Waals surface area contributed by atoms with Gasteiger partial charge in [-0.05, 0) is 43.7 Å². The third-order valence-electron chi connectivity index (χ3n) is 4.17. The molecule has 3 rings (SSSR count). The van der Waals surface area contributed by atoms with Crippen molar-refractivity contribution in [3.05, 3.63) is 53.6 Å². The van der Waals surface area contributed by atoms with Gasteiger partial charge in [-0.25, -0.2) is 0 Å². The Labute approximate surface area is 143 Å². The highest BCUT2D eigenvalue weighted by atomic mass is 16.5. The van der Waals surface area contributed by atoms with Gasteiger partial charge in [0, 0.05) is 30.4 Å². The number of benzene rings is 2. The number of nitrogens with zero attached hydrogens (tertiary/aromatic N) is 2. The van der Waals surface area contributed by atoms with E-state index in [4.69, 9.17) is 9.47 Å². The second kappa shape index (κ2) is 7.37. The van der Waals surface area contributed by atoms with Gasteiger partial charge in [0.05, 0.1) is 31.0 Å². The Morgan fingerprint density at radius 2 is 2.17 bits per heavy atom. The number of fused-ring (bicyclic) bond motifs is 1. The lowest BCUT2D eigenvalue weighted by atomic mass is 10.0. The summed E-state index contributed by atoms with van der Waals surface area (Å²) >= 11 is 0. The van der Waals surface area contributed by atoms with E-state index in [9.17, 15) is 5.26 Å². The van der Waals surface area contributed by atoms with Gasteiger partial charge in [-0.1, -0.05) is 12.1 Å². The van der Waals surface area contributed by atoms with Gasteiger partial charge in [0.15, 0.2) is 0 Å². The van der Waals surface area contributed by atoms with E-state index in [2.05, 4.69) is 24.0 Å². The fraction of sp³-hybridized carbons (Fsp3) is 0.350. The quantitative estimate of drug-likeness (QED) is 0.855. The molecule has 2 aromatic rings. The average Bonchev–Trinajstić information content (AvgIpc) is 2.58. The molecule has 0 aliphatic carbocycles. The van der Waals surface area contributed by atoms with Crippen molar-refractivity contribution in [3.63, 3.8) is 0 Å². The highest BCUT2D eigenvalue weighted by Crippen LogP contribution is 2.33. The molecule has 1 aliphatic rings. The Kier molecular flexibility index (Phi) is 5.02. The summed E-state index contributed by atoms with van der Waals surface area (Å²) in [7, 11) is 0. The van der Waals surface area contributed by atoms with Crippen molar-refractivity contribution in [3.8, 4) is 11.8 Å². The van der Waals surface area contributed by atoms with Crippen molar-refractivity contribution in [2.75, 3.05) is 24.7 Å². The molecule has 1 aliphatic heterocycles. The average molecular weight is 322 g/mol. The zero-order valence-electron chi connectivity index (χ0n) is 14.2. The molecule has 0 aromatic heterocycles. The largest absolute Gasteiger partial charge is 0.494 e. The fourth-order valence-corrected chi connectivity index (χ4v) is 3.07. The van der Waals surface area contributed by atoms with Gasteiger partial charge in [-0.3, -0.25) is 0 Å². The summed E-state index contributed by atoms with van der Waals surface area (Å²) in [6.07, 6.45) is 1.01. The standard InChI is InChI=1S/C20H22N2O2/c1-3-23-19-6-4-5-18(13-19)22-9-10-24-15(2)11-17-8-7-16(14-21)12-20(17)22/h4-8,12-13,15H,3,9-11H2,1-2H3. The molecular formula is C20H22N2O2. The molecule has 2 aromatic carbocycles. The molecule has 1 atom stereocenters. The minimum absolute atomic E-state index is 0.175. The molecule has 1 unspecified atom stereocenters. The number of ether oxygens (including phenoxy) is 2. The van der Waals surface area contributed by atoms with Crippen molar-refractivity contribution < 1.29 is 9.47 Å². The van der Waals surface area contributed by atoms with Crippen molar-refractivity contribution >= 4 is 11.4 Å². The molecule has 0 fully saturated rings. The Balaban J connectivity index is 2.06. The van der Waals surface area contributed by atoms with E-state index in [1.54, 1.807) is 0 Å². The van der Waals surface area contributed by atoms with E-state index in [1.807, 2.05) is 43.3 Å². The zero-order chi connectivity index (χ0) is 16.9. The predicted molar refractivity (Wildman–Crippen MR) is 94.9 cm³/mol. The maximum Gasteiger partial charge on any atom is 0.121 e. The number of hydrogen-bond donors (Lipinski definition) is 0. The van der Waals surface area contributed by atoms with Crippen molar-refractivity contribution in [1.29, 1.82) is 5.26 Å². The van der Waals surface area contributed by atoms with Gasteiger partial charge in [0.1, 0.15) is 5.75 Å².